The molecule has 0 aliphatic carbocycles. The molecule has 0 N–H and O–H groups in total. The molecule has 22 heavy (non-hydrogen) atoms. The first-order chi connectivity index (χ1) is 10.1. The maximum atomic E-state index is 12.1. The number of hydrogen-bond donors (Lipinski definition) is 0. The summed E-state index contributed by atoms with van der Waals surface area (Å²) < 4.78 is 7.63. The van der Waals surface area contributed by atoms with E-state index in [0.29, 0.717) is 22.8 Å². The average Bonchev–Trinajstić information content (AvgIpc) is 2.83. The van der Waals surface area contributed by atoms with E-state index in [4.69, 9.17) is 4.74 Å². The van der Waals surface area contributed by atoms with Crippen LogP contribution in [0.5, 0.6) is 0 Å². The molecule has 1 aromatic heterocycles. The zero-order valence-corrected chi connectivity index (χ0v) is 14.1. The van der Waals surface area contributed by atoms with E-state index in [2.05, 4.69) is 4.99 Å². The number of fused-ring (bicyclic) bond motifs is 1. The largest absolute Gasteiger partial charge is 0.459 e. The Kier molecular flexibility index (Phi) is 4.32. The lowest BCUT2D eigenvalue weighted by Crippen LogP contribution is -2.38. The first kappa shape index (κ1) is 16.5. The molecule has 0 atom stereocenters. The number of carbonyl (C=O) groups excluding carboxylic acids is 1. The van der Waals surface area contributed by atoms with Gasteiger partial charge in [0.15, 0.2) is 0 Å². The molecule has 0 radical (unpaired) electrons. The third kappa shape index (κ3) is 3.32. The summed E-state index contributed by atoms with van der Waals surface area (Å²) in [4.78, 5) is 39.9. The third-order valence-corrected chi connectivity index (χ3v) is 4.01. The topological polar surface area (TPSA) is 82.7 Å². The number of rotatable bonds is 2. The second kappa shape index (κ2) is 5.75. The molecule has 0 aromatic carbocycles. The number of ether oxygens (including phenoxy) is 1. The van der Waals surface area contributed by atoms with Crippen molar-refractivity contribution in [2.45, 2.75) is 32.8 Å². The molecule has 0 saturated heterocycles. The quantitative estimate of drug-likeness (QED) is 0.749. The van der Waals surface area contributed by atoms with Gasteiger partial charge in [-0.25, -0.2) is 9.79 Å². The highest BCUT2D eigenvalue weighted by Crippen LogP contribution is 2.26. The fraction of sp³-hybridized carbons (Fsp3) is 0.571. The molecule has 2 rings (SSSR count). The van der Waals surface area contributed by atoms with E-state index >= 15 is 0 Å². The summed E-state index contributed by atoms with van der Waals surface area (Å²) in [6, 6.07) is 0. The van der Waals surface area contributed by atoms with E-state index in [0.717, 1.165) is 4.57 Å². The number of thioether (sulfide) groups is 1. The standard InChI is InChI=1S/C14H19N3O4S/c1-14(2,3)21-10(18)7-22-9-6-8-11(15-9)16(4)13(20)17(5)12(8)19/h6-7H2,1-5H3. The number of hydrogen-bond acceptors (Lipinski definition) is 6. The number of carbonyl (C=O) groups is 1. The minimum absolute atomic E-state index is 0.123. The molecule has 0 fully saturated rings. The molecule has 120 valence electrons. The Morgan fingerprint density at radius 3 is 2.50 bits per heavy atom. The van der Waals surface area contributed by atoms with Crippen molar-refractivity contribution in [3.8, 4) is 0 Å². The Bertz CT molecular complexity index is 768. The van der Waals surface area contributed by atoms with E-state index in [1.165, 1.54) is 23.4 Å². The van der Waals surface area contributed by atoms with E-state index in [9.17, 15) is 14.4 Å². The number of esters is 1. The van der Waals surface area contributed by atoms with Crippen molar-refractivity contribution in [1.29, 1.82) is 0 Å². The highest BCUT2D eigenvalue weighted by atomic mass is 32.2. The van der Waals surface area contributed by atoms with Gasteiger partial charge in [0.25, 0.3) is 5.56 Å². The van der Waals surface area contributed by atoms with Crippen molar-refractivity contribution in [3.05, 3.63) is 26.4 Å². The van der Waals surface area contributed by atoms with Crippen LogP contribution in [0.25, 0.3) is 0 Å². The van der Waals surface area contributed by atoms with Crippen LogP contribution in [-0.4, -0.2) is 31.5 Å². The summed E-state index contributed by atoms with van der Waals surface area (Å²) in [5.74, 6) is 0.163. The Hall–Kier alpha value is -1.83. The Balaban J connectivity index is 2.14. The van der Waals surface area contributed by atoms with Gasteiger partial charge in [0.2, 0.25) is 0 Å². The number of nitrogens with zero attached hydrogens (tertiary/aromatic N) is 3. The van der Waals surface area contributed by atoms with Gasteiger partial charge in [-0.15, -0.1) is 0 Å². The van der Waals surface area contributed by atoms with Gasteiger partial charge >= 0.3 is 11.7 Å². The van der Waals surface area contributed by atoms with Gasteiger partial charge in [-0.05, 0) is 20.8 Å². The highest BCUT2D eigenvalue weighted by molar-refractivity contribution is 8.14. The van der Waals surface area contributed by atoms with E-state index < -0.39 is 11.3 Å². The molecule has 2 heterocycles. The van der Waals surface area contributed by atoms with Crippen LogP contribution >= 0.6 is 11.8 Å². The van der Waals surface area contributed by atoms with Crippen molar-refractivity contribution in [2.75, 3.05) is 5.75 Å². The monoisotopic (exact) mass is 325 g/mol. The molecule has 0 amide bonds. The maximum Gasteiger partial charge on any atom is 0.332 e. The number of aliphatic imine (C=N–C) groups is 1. The van der Waals surface area contributed by atoms with Crippen LogP contribution in [0.4, 0.5) is 5.82 Å². The van der Waals surface area contributed by atoms with E-state index in [-0.39, 0.29) is 17.3 Å². The number of aromatic nitrogens is 2. The van der Waals surface area contributed by atoms with Crippen LogP contribution in [0, 0.1) is 0 Å². The molecule has 0 unspecified atom stereocenters. The fourth-order valence-corrected chi connectivity index (χ4v) is 2.85. The summed E-state index contributed by atoms with van der Waals surface area (Å²) in [5, 5.41) is 0.638. The lowest BCUT2D eigenvalue weighted by atomic mass is 10.2. The SMILES string of the molecule is Cn1c2c(c(=O)n(C)c1=O)CC(SCC(=O)OC(C)(C)C)=N2. The molecule has 1 aliphatic rings. The van der Waals surface area contributed by atoms with E-state index in [1.54, 1.807) is 27.8 Å². The summed E-state index contributed by atoms with van der Waals surface area (Å²) in [5.41, 5.74) is -0.797. The fourth-order valence-electron chi connectivity index (χ4n) is 2.11. The summed E-state index contributed by atoms with van der Waals surface area (Å²) >= 11 is 1.23. The first-order valence-corrected chi connectivity index (χ1v) is 7.80. The summed E-state index contributed by atoms with van der Waals surface area (Å²) in [6.07, 6.45) is 0.337. The van der Waals surface area contributed by atoms with Crippen LogP contribution in [0.1, 0.15) is 26.3 Å². The predicted octanol–water partition coefficient (Wildman–Crippen LogP) is 0.745. The lowest BCUT2D eigenvalue weighted by Gasteiger charge is -2.19. The average molecular weight is 325 g/mol. The molecule has 1 aromatic rings. The molecule has 0 saturated carbocycles. The summed E-state index contributed by atoms with van der Waals surface area (Å²) in [6.45, 7) is 5.41. The smallest absolute Gasteiger partial charge is 0.332 e. The van der Waals surface area contributed by atoms with Crippen LogP contribution in [0.3, 0.4) is 0 Å². The van der Waals surface area contributed by atoms with Crippen LogP contribution < -0.4 is 11.2 Å². The second-order valence-electron chi connectivity index (χ2n) is 6.07. The van der Waals surface area contributed by atoms with Crippen molar-refractivity contribution >= 4 is 28.6 Å². The molecule has 7 nitrogen and oxygen atoms in total. The summed E-state index contributed by atoms with van der Waals surface area (Å²) in [7, 11) is 3.02. The molecular weight excluding hydrogens is 306 g/mol. The maximum absolute atomic E-state index is 12.1. The molecule has 0 bridgehead atoms. The van der Waals surface area contributed by atoms with Crippen molar-refractivity contribution in [1.82, 2.24) is 9.13 Å². The molecule has 0 spiro atoms. The lowest BCUT2D eigenvalue weighted by molar-refractivity contribution is -0.151. The normalized spacial score (nSPS) is 13.8. The molecular formula is C14H19N3O4S. The van der Waals surface area contributed by atoms with Crippen molar-refractivity contribution in [3.63, 3.8) is 0 Å². The van der Waals surface area contributed by atoms with Crippen molar-refractivity contribution < 1.29 is 9.53 Å². The van der Waals surface area contributed by atoms with Gasteiger partial charge in [-0.2, -0.15) is 0 Å². The first-order valence-electron chi connectivity index (χ1n) is 6.81. The minimum atomic E-state index is -0.530. The van der Waals surface area contributed by atoms with Crippen LogP contribution in [0.15, 0.2) is 14.6 Å². The predicted molar refractivity (Wildman–Crippen MR) is 86.0 cm³/mol. The Morgan fingerprint density at radius 2 is 1.91 bits per heavy atom. The van der Waals surface area contributed by atoms with Crippen LogP contribution in [-0.2, 0) is 30.0 Å². The molecule has 8 heteroatoms. The van der Waals surface area contributed by atoms with Gasteiger partial charge in [0.05, 0.1) is 16.4 Å². The van der Waals surface area contributed by atoms with Gasteiger partial charge < -0.3 is 4.74 Å². The molecule has 1 aliphatic heterocycles. The second-order valence-corrected chi connectivity index (χ2v) is 7.11. The van der Waals surface area contributed by atoms with Gasteiger partial charge in [0.1, 0.15) is 11.4 Å². The minimum Gasteiger partial charge on any atom is -0.459 e. The Morgan fingerprint density at radius 1 is 1.27 bits per heavy atom. The zero-order chi connectivity index (χ0) is 16.7. The zero-order valence-electron chi connectivity index (χ0n) is 13.3. The van der Waals surface area contributed by atoms with Crippen LogP contribution in [0.2, 0.25) is 0 Å². The van der Waals surface area contributed by atoms with Crippen molar-refractivity contribution in [2.24, 2.45) is 19.1 Å². The van der Waals surface area contributed by atoms with Gasteiger partial charge in [-0.3, -0.25) is 18.7 Å². The highest BCUT2D eigenvalue weighted by Gasteiger charge is 2.24. The van der Waals surface area contributed by atoms with Gasteiger partial charge in [0, 0.05) is 20.5 Å². The Labute approximate surface area is 132 Å². The van der Waals surface area contributed by atoms with E-state index in [1.807, 2.05) is 0 Å². The third-order valence-electron chi connectivity index (χ3n) is 3.06. The van der Waals surface area contributed by atoms with Gasteiger partial charge in [-0.1, -0.05) is 11.8 Å².